The van der Waals surface area contributed by atoms with E-state index in [-0.39, 0.29) is 5.91 Å². The molecule has 3 N–H and O–H groups in total. The molecule has 0 aromatic carbocycles. The number of nitrogens with one attached hydrogen (secondary N) is 2. The highest BCUT2D eigenvalue weighted by atomic mass is 19.4. The number of piperidine rings is 1. The Morgan fingerprint density at radius 2 is 2.27 bits per heavy atom. The number of hydrogen-bond donors (Lipinski definition) is 3. The van der Waals surface area contributed by atoms with Crippen LogP contribution in [-0.4, -0.2) is 42.4 Å². The first kappa shape index (κ1) is 12.3. The Bertz CT molecular complexity index is 232. The lowest BCUT2D eigenvalue weighted by Crippen LogP contribution is -2.51. The maximum Gasteiger partial charge on any atom is 0.415 e. The zero-order valence-electron chi connectivity index (χ0n) is 7.97. The third-order valence-corrected chi connectivity index (χ3v) is 2.22. The van der Waals surface area contributed by atoms with Gasteiger partial charge in [-0.25, -0.2) is 0 Å². The zero-order chi connectivity index (χ0) is 11.5. The van der Waals surface area contributed by atoms with E-state index < -0.39 is 24.9 Å². The normalized spacial score (nSPS) is 24.8. The molecule has 1 aliphatic heterocycles. The molecule has 0 aromatic heterocycles. The second-order valence-electron chi connectivity index (χ2n) is 3.45. The van der Waals surface area contributed by atoms with Gasteiger partial charge in [-0.05, 0) is 12.8 Å². The average molecular weight is 226 g/mol. The second-order valence-corrected chi connectivity index (χ2v) is 3.45. The van der Waals surface area contributed by atoms with Gasteiger partial charge in [0.25, 0.3) is 0 Å². The molecule has 0 aromatic rings. The molecule has 0 radical (unpaired) electrons. The summed E-state index contributed by atoms with van der Waals surface area (Å²) in [5.74, 6) is -0.310. The Labute approximate surface area is 84.8 Å². The number of rotatable bonds is 3. The van der Waals surface area contributed by atoms with Crippen molar-refractivity contribution in [2.75, 3.05) is 13.1 Å². The molecule has 1 heterocycles. The van der Waals surface area contributed by atoms with Crippen molar-refractivity contribution in [1.29, 1.82) is 0 Å². The van der Waals surface area contributed by atoms with Crippen LogP contribution in [0.4, 0.5) is 13.2 Å². The summed E-state index contributed by atoms with van der Waals surface area (Å²) >= 11 is 0. The maximum absolute atomic E-state index is 11.9. The lowest BCUT2D eigenvalue weighted by Gasteiger charge is -2.24. The third-order valence-electron chi connectivity index (χ3n) is 2.22. The Hall–Kier alpha value is -0.820. The van der Waals surface area contributed by atoms with Crippen molar-refractivity contribution < 1.29 is 23.1 Å². The Morgan fingerprint density at radius 3 is 2.80 bits per heavy atom. The molecule has 15 heavy (non-hydrogen) atoms. The summed E-state index contributed by atoms with van der Waals surface area (Å²) in [5, 5.41) is 13.6. The summed E-state index contributed by atoms with van der Waals surface area (Å²) in [6.45, 7) is -0.0968. The number of carbonyl (C=O) groups is 1. The minimum atomic E-state index is -4.64. The van der Waals surface area contributed by atoms with Crippen molar-refractivity contribution in [2.24, 2.45) is 0 Å². The molecule has 4 nitrogen and oxygen atoms in total. The van der Waals surface area contributed by atoms with Gasteiger partial charge >= 0.3 is 6.18 Å². The SMILES string of the molecule is O=C1NCCCC1NCC(O)C(F)(F)F. The molecule has 1 aliphatic rings. The smallest absolute Gasteiger partial charge is 0.382 e. The van der Waals surface area contributed by atoms with Crippen LogP contribution in [0.5, 0.6) is 0 Å². The third kappa shape index (κ3) is 3.67. The van der Waals surface area contributed by atoms with Gasteiger partial charge < -0.3 is 15.7 Å². The van der Waals surface area contributed by atoms with Gasteiger partial charge in [-0.3, -0.25) is 4.79 Å². The Kier molecular flexibility index (Phi) is 3.92. The van der Waals surface area contributed by atoms with E-state index in [0.29, 0.717) is 13.0 Å². The van der Waals surface area contributed by atoms with Crippen LogP contribution in [0.1, 0.15) is 12.8 Å². The topological polar surface area (TPSA) is 61.4 Å². The summed E-state index contributed by atoms with van der Waals surface area (Å²) in [4.78, 5) is 11.1. The molecule has 1 amide bonds. The zero-order valence-corrected chi connectivity index (χ0v) is 7.97. The van der Waals surface area contributed by atoms with Gasteiger partial charge in [0.05, 0.1) is 6.04 Å². The largest absolute Gasteiger partial charge is 0.415 e. The molecular weight excluding hydrogens is 213 g/mol. The second kappa shape index (κ2) is 4.80. The Morgan fingerprint density at radius 1 is 1.60 bits per heavy atom. The van der Waals surface area contributed by atoms with E-state index >= 15 is 0 Å². The number of amides is 1. The summed E-state index contributed by atoms with van der Waals surface area (Å²) in [7, 11) is 0. The first-order valence-corrected chi connectivity index (χ1v) is 4.67. The van der Waals surface area contributed by atoms with Gasteiger partial charge in [0, 0.05) is 13.1 Å². The molecule has 0 aliphatic carbocycles. The van der Waals surface area contributed by atoms with Crippen LogP contribution >= 0.6 is 0 Å². The highest BCUT2D eigenvalue weighted by Gasteiger charge is 2.38. The first-order valence-electron chi connectivity index (χ1n) is 4.67. The van der Waals surface area contributed by atoms with Gasteiger partial charge in [0.2, 0.25) is 5.91 Å². The standard InChI is InChI=1S/C8H13F3N2O2/c9-8(10,11)6(14)4-13-5-2-1-3-12-7(5)15/h5-6,13-14H,1-4H2,(H,12,15). The number of aliphatic hydroxyl groups is 1. The van der Waals surface area contributed by atoms with E-state index in [1.54, 1.807) is 0 Å². The van der Waals surface area contributed by atoms with Gasteiger partial charge in [0.15, 0.2) is 6.10 Å². The van der Waals surface area contributed by atoms with Gasteiger partial charge in [-0.1, -0.05) is 0 Å². The van der Waals surface area contributed by atoms with Crippen LogP contribution in [0.25, 0.3) is 0 Å². The minimum absolute atomic E-state index is 0.310. The monoisotopic (exact) mass is 226 g/mol. The summed E-state index contributed by atoms with van der Waals surface area (Å²) in [5.41, 5.74) is 0. The molecule has 2 atom stereocenters. The van der Waals surface area contributed by atoms with Crippen LogP contribution in [0.3, 0.4) is 0 Å². The van der Waals surface area contributed by atoms with E-state index in [2.05, 4.69) is 10.6 Å². The molecule has 1 rings (SSSR count). The van der Waals surface area contributed by atoms with E-state index in [1.807, 2.05) is 0 Å². The van der Waals surface area contributed by atoms with Crippen LogP contribution in [0, 0.1) is 0 Å². The maximum atomic E-state index is 11.9. The number of aliphatic hydroxyl groups excluding tert-OH is 1. The molecule has 2 unspecified atom stereocenters. The lowest BCUT2D eigenvalue weighted by atomic mass is 10.1. The van der Waals surface area contributed by atoms with E-state index in [1.165, 1.54) is 0 Å². The summed E-state index contributed by atoms with van der Waals surface area (Å²) < 4.78 is 35.7. The van der Waals surface area contributed by atoms with Crippen molar-refractivity contribution in [3.05, 3.63) is 0 Å². The number of alkyl halides is 3. The van der Waals surface area contributed by atoms with Crippen molar-refractivity contribution in [2.45, 2.75) is 31.2 Å². The van der Waals surface area contributed by atoms with Crippen LogP contribution in [-0.2, 0) is 4.79 Å². The molecule has 1 saturated heterocycles. The van der Waals surface area contributed by atoms with Gasteiger partial charge in [-0.15, -0.1) is 0 Å². The van der Waals surface area contributed by atoms with Gasteiger partial charge in [-0.2, -0.15) is 13.2 Å². The molecule has 0 spiro atoms. The van der Waals surface area contributed by atoms with Gasteiger partial charge in [0.1, 0.15) is 0 Å². The van der Waals surface area contributed by atoms with Crippen molar-refractivity contribution in [1.82, 2.24) is 10.6 Å². The minimum Gasteiger partial charge on any atom is -0.382 e. The number of hydrogen-bond acceptors (Lipinski definition) is 3. The average Bonchev–Trinajstić information content (AvgIpc) is 2.14. The van der Waals surface area contributed by atoms with Crippen molar-refractivity contribution in [3.8, 4) is 0 Å². The number of halogens is 3. The summed E-state index contributed by atoms with van der Waals surface area (Å²) in [6, 6.07) is -0.629. The molecule has 7 heteroatoms. The molecular formula is C8H13F3N2O2. The van der Waals surface area contributed by atoms with Crippen LogP contribution in [0.15, 0.2) is 0 Å². The lowest BCUT2D eigenvalue weighted by molar-refractivity contribution is -0.202. The highest BCUT2D eigenvalue weighted by Crippen LogP contribution is 2.19. The summed E-state index contributed by atoms with van der Waals surface area (Å²) in [6.07, 6.45) is -5.84. The highest BCUT2D eigenvalue weighted by molar-refractivity contribution is 5.82. The fourth-order valence-electron chi connectivity index (χ4n) is 1.34. The molecule has 0 bridgehead atoms. The molecule has 88 valence electrons. The van der Waals surface area contributed by atoms with E-state index in [4.69, 9.17) is 5.11 Å². The number of carbonyl (C=O) groups excluding carboxylic acids is 1. The van der Waals surface area contributed by atoms with E-state index in [0.717, 1.165) is 6.42 Å². The molecule has 0 saturated carbocycles. The fourth-order valence-corrected chi connectivity index (χ4v) is 1.34. The predicted octanol–water partition coefficient (Wildman–Crippen LogP) is -0.222. The van der Waals surface area contributed by atoms with E-state index in [9.17, 15) is 18.0 Å². The van der Waals surface area contributed by atoms with Crippen LogP contribution in [0.2, 0.25) is 0 Å². The quantitative estimate of drug-likeness (QED) is 0.623. The predicted molar refractivity (Wildman–Crippen MR) is 46.1 cm³/mol. The first-order chi connectivity index (χ1) is 6.91. The molecule has 1 fully saturated rings. The Balaban J connectivity index is 2.33. The van der Waals surface area contributed by atoms with Crippen molar-refractivity contribution >= 4 is 5.91 Å². The van der Waals surface area contributed by atoms with Crippen LogP contribution < -0.4 is 10.6 Å². The van der Waals surface area contributed by atoms with Crippen molar-refractivity contribution in [3.63, 3.8) is 0 Å². The fraction of sp³-hybridized carbons (Fsp3) is 0.875.